The van der Waals surface area contributed by atoms with E-state index in [0.29, 0.717) is 27.9 Å². The van der Waals surface area contributed by atoms with Crippen molar-refractivity contribution < 1.29 is 9.21 Å². The molecular weight excluding hydrogens is 236 g/mol. The van der Waals surface area contributed by atoms with Crippen LogP contribution in [0.3, 0.4) is 0 Å². The van der Waals surface area contributed by atoms with Crippen molar-refractivity contribution in [3.63, 3.8) is 0 Å². The van der Waals surface area contributed by atoms with Gasteiger partial charge in [0.25, 0.3) is 0 Å². The first-order valence-electron chi connectivity index (χ1n) is 5.11. The summed E-state index contributed by atoms with van der Waals surface area (Å²) >= 11 is 1.44. The molecule has 88 valence electrons. The monoisotopic (exact) mass is 248 g/mol. The highest BCUT2D eigenvalue weighted by Gasteiger charge is 2.16. The summed E-state index contributed by atoms with van der Waals surface area (Å²) in [6.45, 7) is 3.34. The van der Waals surface area contributed by atoms with E-state index in [1.165, 1.54) is 18.7 Å². The molecule has 2 heterocycles. The summed E-state index contributed by atoms with van der Waals surface area (Å²) in [5.74, 6) is 1.11. The molecule has 0 bridgehead atoms. The molecule has 0 radical (unpaired) electrons. The van der Waals surface area contributed by atoms with E-state index in [4.69, 9.17) is 4.42 Å². The Balaban J connectivity index is 2.60. The second-order valence-corrected chi connectivity index (χ2v) is 4.35. The van der Waals surface area contributed by atoms with E-state index in [1.54, 1.807) is 18.4 Å². The van der Waals surface area contributed by atoms with E-state index in [9.17, 15) is 4.79 Å². The number of nitrogens with zero attached hydrogens (tertiary/aromatic N) is 2. The largest absolute Gasteiger partial charge is 0.461 e. The van der Waals surface area contributed by atoms with Gasteiger partial charge in [0.05, 0.1) is 17.5 Å². The van der Waals surface area contributed by atoms with Gasteiger partial charge in [-0.05, 0) is 32.2 Å². The van der Waals surface area contributed by atoms with Gasteiger partial charge in [0, 0.05) is 0 Å². The number of carbonyl (C=O) groups is 1. The molecule has 2 aromatic heterocycles. The summed E-state index contributed by atoms with van der Waals surface area (Å²) in [5, 5.41) is 0.691. The predicted molar refractivity (Wildman–Crippen MR) is 66.3 cm³/mol. The van der Waals surface area contributed by atoms with Crippen LogP contribution in [0.2, 0.25) is 0 Å². The first-order chi connectivity index (χ1) is 8.13. The Bertz CT molecular complexity index is 550. The Morgan fingerprint density at radius 2 is 2.18 bits per heavy atom. The molecule has 0 amide bonds. The SMILES string of the molecule is CSc1nc(-c2ccco2)nc(C)c1C(C)=O. The van der Waals surface area contributed by atoms with Crippen molar-refractivity contribution in [2.24, 2.45) is 0 Å². The van der Waals surface area contributed by atoms with Gasteiger partial charge in [0.1, 0.15) is 5.03 Å². The highest BCUT2D eigenvalue weighted by atomic mass is 32.2. The zero-order chi connectivity index (χ0) is 12.4. The standard InChI is InChI=1S/C12H12N2O2S/c1-7-10(8(2)15)12(17-3)14-11(13-7)9-5-4-6-16-9/h4-6H,1-3H3. The van der Waals surface area contributed by atoms with Crippen LogP contribution >= 0.6 is 11.8 Å². The zero-order valence-electron chi connectivity index (χ0n) is 9.85. The first-order valence-corrected chi connectivity index (χ1v) is 6.33. The number of hydrogen-bond acceptors (Lipinski definition) is 5. The number of rotatable bonds is 3. The maximum atomic E-state index is 11.5. The molecule has 2 aromatic rings. The van der Waals surface area contributed by atoms with Crippen LogP contribution in [-0.4, -0.2) is 22.0 Å². The highest BCUT2D eigenvalue weighted by Crippen LogP contribution is 2.25. The minimum Gasteiger partial charge on any atom is -0.461 e. The van der Waals surface area contributed by atoms with Gasteiger partial charge in [-0.2, -0.15) is 0 Å². The molecule has 0 fully saturated rings. The van der Waals surface area contributed by atoms with Crippen LogP contribution in [0.25, 0.3) is 11.6 Å². The topological polar surface area (TPSA) is 56.0 Å². The number of hydrogen-bond donors (Lipinski definition) is 0. The molecule has 0 atom stereocenters. The molecule has 0 unspecified atom stereocenters. The molecule has 0 aliphatic rings. The molecule has 0 spiro atoms. The summed E-state index contributed by atoms with van der Waals surface area (Å²) in [6.07, 6.45) is 3.46. The molecule has 4 nitrogen and oxygen atoms in total. The first kappa shape index (κ1) is 11.9. The highest BCUT2D eigenvalue weighted by molar-refractivity contribution is 7.98. The summed E-state index contributed by atoms with van der Waals surface area (Å²) in [4.78, 5) is 20.2. The van der Waals surface area contributed by atoms with Gasteiger partial charge >= 0.3 is 0 Å². The van der Waals surface area contributed by atoms with E-state index in [0.717, 1.165) is 0 Å². The number of thioether (sulfide) groups is 1. The normalized spacial score (nSPS) is 10.5. The molecule has 0 aromatic carbocycles. The van der Waals surface area contributed by atoms with Gasteiger partial charge < -0.3 is 4.42 Å². The third-order valence-corrected chi connectivity index (χ3v) is 3.03. The maximum Gasteiger partial charge on any atom is 0.196 e. The van der Waals surface area contributed by atoms with Crippen LogP contribution in [0.1, 0.15) is 23.0 Å². The molecular formula is C12H12N2O2S. The molecule has 0 N–H and O–H groups in total. The predicted octanol–water partition coefficient (Wildman–Crippen LogP) is 2.97. The molecule has 0 aliphatic carbocycles. The average Bonchev–Trinajstić information content (AvgIpc) is 2.80. The zero-order valence-corrected chi connectivity index (χ0v) is 10.7. The second-order valence-electron chi connectivity index (χ2n) is 3.55. The van der Waals surface area contributed by atoms with Crippen LogP contribution in [0.4, 0.5) is 0 Å². The molecule has 17 heavy (non-hydrogen) atoms. The number of Topliss-reactive ketones (excluding diaryl/α,β-unsaturated/α-hetero) is 1. The van der Waals surface area contributed by atoms with Gasteiger partial charge in [-0.15, -0.1) is 11.8 Å². The van der Waals surface area contributed by atoms with Crippen molar-refractivity contribution >= 4 is 17.5 Å². The third kappa shape index (κ3) is 2.24. The number of aromatic nitrogens is 2. The van der Waals surface area contributed by atoms with Crippen molar-refractivity contribution in [3.05, 3.63) is 29.7 Å². The van der Waals surface area contributed by atoms with Crippen LogP contribution in [0.5, 0.6) is 0 Å². The molecule has 2 rings (SSSR count). The van der Waals surface area contributed by atoms with Gasteiger partial charge in [-0.25, -0.2) is 9.97 Å². The fourth-order valence-electron chi connectivity index (χ4n) is 1.62. The van der Waals surface area contributed by atoms with Crippen molar-refractivity contribution in [1.82, 2.24) is 9.97 Å². The van der Waals surface area contributed by atoms with Crippen LogP contribution in [0, 0.1) is 6.92 Å². The Hall–Kier alpha value is -1.62. The van der Waals surface area contributed by atoms with Gasteiger partial charge in [0.2, 0.25) is 0 Å². The van der Waals surface area contributed by atoms with E-state index in [-0.39, 0.29) is 5.78 Å². The minimum atomic E-state index is -0.0159. The number of furan rings is 1. The summed E-state index contributed by atoms with van der Waals surface area (Å²) in [7, 11) is 0. The van der Waals surface area contributed by atoms with Crippen LogP contribution in [0.15, 0.2) is 27.8 Å². The molecule has 0 saturated carbocycles. The maximum absolute atomic E-state index is 11.5. The lowest BCUT2D eigenvalue weighted by atomic mass is 10.2. The van der Waals surface area contributed by atoms with Crippen molar-refractivity contribution in [3.8, 4) is 11.6 Å². The van der Waals surface area contributed by atoms with Crippen molar-refractivity contribution in [2.45, 2.75) is 18.9 Å². The summed E-state index contributed by atoms with van der Waals surface area (Å²) in [6, 6.07) is 3.58. The van der Waals surface area contributed by atoms with Crippen molar-refractivity contribution in [1.29, 1.82) is 0 Å². The third-order valence-electron chi connectivity index (χ3n) is 2.34. The van der Waals surface area contributed by atoms with Gasteiger partial charge in [-0.3, -0.25) is 4.79 Å². The average molecular weight is 248 g/mol. The Kier molecular flexibility index (Phi) is 3.28. The molecule has 0 aliphatic heterocycles. The number of aryl methyl sites for hydroxylation is 1. The van der Waals surface area contributed by atoms with E-state index in [1.807, 2.05) is 13.2 Å². The molecule has 0 saturated heterocycles. The van der Waals surface area contributed by atoms with Gasteiger partial charge in [-0.1, -0.05) is 0 Å². The van der Waals surface area contributed by atoms with Crippen molar-refractivity contribution in [2.75, 3.05) is 6.26 Å². The van der Waals surface area contributed by atoms with E-state index in [2.05, 4.69) is 9.97 Å². The van der Waals surface area contributed by atoms with E-state index < -0.39 is 0 Å². The van der Waals surface area contributed by atoms with Crippen LogP contribution < -0.4 is 0 Å². The fraction of sp³-hybridized carbons (Fsp3) is 0.250. The van der Waals surface area contributed by atoms with Gasteiger partial charge in [0.15, 0.2) is 17.4 Å². The Morgan fingerprint density at radius 1 is 1.41 bits per heavy atom. The minimum absolute atomic E-state index is 0.0159. The molecule has 5 heteroatoms. The fourth-order valence-corrected chi connectivity index (χ4v) is 2.29. The lowest BCUT2D eigenvalue weighted by Gasteiger charge is -2.07. The number of ketones is 1. The van der Waals surface area contributed by atoms with E-state index >= 15 is 0 Å². The lowest BCUT2D eigenvalue weighted by molar-refractivity contribution is 0.101. The Morgan fingerprint density at radius 3 is 2.71 bits per heavy atom. The summed E-state index contributed by atoms with van der Waals surface area (Å²) in [5.41, 5.74) is 1.27. The lowest BCUT2D eigenvalue weighted by Crippen LogP contribution is -2.05. The quantitative estimate of drug-likeness (QED) is 0.475. The Labute approximate surface area is 103 Å². The number of carbonyl (C=O) groups excluding carboxylic acids is 1. The summed E-state index contributed by atoms with van der Waals surface area (Å²) < 4.78 is 5.26. The second kappa shape index (κ2) is 4.71. The van der Waals surface area contributed by atoms with Crippen LogP contribution in [-0.2, 0) is 0 Å². The smallest absolute Gasteiger partial charge is 0.196 e.